The summed E-state index contributed by atoms with van der Waals surface area (Å²) in [5.41, 5.74) is 6.11. The molecule has 0 bridgehead atoms. The summed E-state index contributed by atoms with van der Waals surface area (Å²) in [4.78, 5) is 24.7. The van der Waals surface area contributed by atoms with Crippen LogP contribution in [-0.2, 0) is 22.6 Å². The number of urea groups is 1. The maximum absolute atomic E-state index is 13.3. The van der Waals surface area contributed by atoms with E-state index in [2.05, 4.69) is 27.7 Å². The summed E-state index contributed by atoms with van der Waals surface area (Å²) >= 11 is 0. The maximum Gasteiger partial charge on any atom is 0.337 e. The molecule has 3 aromatic rings. The number of carbonyl (C=O) groups is 2. The molecule has 12 nitrogen and oxygen atoms in total. The first-order chi connectivity index (χ1) is 23.2. The summed E-state index contributed by atoms with van der Waals surface area (Å²) in [6.07, 6.45) is 2.56. The van der Waals surface area contributed by atoms with Gasteiger partial charge in [0.1, 0.15) is 19.0 Å². The summed E-state index contributed by atoms with van der Waals surface area (Å²) in [5.74, 6) is 0.787. The lowest BCUT2D eigenvalue weighted by Gasteiger charge is -2.28. The fraction of sp³-hybridized carbons (Fsp3) is 0.286. The van der Waals surface area contributed by atoms with E-state index < -0.39 is 24.3 Å². The zero-order valence-electron chi connectivity index (χ0n) is 27.2. The molecule has 0 aromatic heterocycles. The van der Waals surface area contributed by atoms with Crippen LogP contribution in [0.1, 0.15) is 42.1 Å². The van der Waals surface area contributed by atoms with Crippen LogP contribution in [0, 0.1) is 5.82 Å². The Bertz CT molecular complexity index is 1680. The fourth-order valence-corrected chi connectivity index (χ4v) is 4.94. The number of aliphatic hydroxyl groups excluding tert-OH is 1. The van der Waals surface area contributed by atoms with Gasteiger partial charge in [-0.25, -0.2) is 14.0 Å². The van der Waals surface area contributed by atoms with E-state index in [4.69, 9.17) is 23.7 Å². The molecule has 1 heterocycles. The third kappa shape index (κ3) is 9.04. The van der Waals surface area contributed by atoms with E-state index in [1.54, 1.807) is 56.3 Å². The first kappa shape index (κ1) is 35.3. The van der Waals surface area contributed by atoms with Gasteiger partial charge in [-0.05, 0) is 73.4 Å². The van der Waals surface area contributed by atoms with Crippen molar-refractivity contribution in [1.29, 1.82) is 0 Å². The van der Waals surface area contributed by atoms with E-state index >= 15 is 0 Å². The number of methoxy groups -OCH3 is 2. The van der Waals surface area contributed by atoms with Gasteiger partial charge in [-0.2, -0.15) is 5.10 Å². The topological polar surface area (TPSA) is 149 Å². The van der Waals surface area contributed by atoms with Crippen LogP contribution in [0.2, 0.25) is 0 Å². The minimum Gasteiger partial charge on any atom is -0.493 e. The van der Waals surface area contributed by atoms with Crippen LogP contribution in [0.5, 0.6) is 23.0 Å². The number of carbonyl (C=O) groups excluding carboxylic acids is 2. The quantitative estimate of drug-likeness (QED) is 0.0565. The number of aliphatic hydroxyl groups is 1. The van der Waals surface area contributed by atoms with Gasteiger partial charge in [0.15, 0.2) is 29.2 Å². The highest BCUT2D eigenvalue weighted by molar-refractivity contribution is 5.95. The molecule has 0 saturated heterocycles. The lowest BCUT2D eigenvalue weighted by molar-refractivity contribution is -0.136. The van der Waals surface area contributed by atoms with Gasteiger partial charge in [0, 0.05) is 11.3 Å². The predicted molar refractivity (Wildman–Crippen MR) is 177 cm³/mol. The third-order valence-corrected chi connectivity index (χ3v) is 7.14. The Hall–Kier alpha value is -5.56. The molecule has 0 saturated carbocycles. The smallest absolute Gasteiger partial charge is 0.337 e. The standard InChI is InChI=1S/C35H39FN4O8/c1-6-8-25-15-23(16-29(44-4)33(25)48-19-22-9-12-26(36)13-10-22)18-37-40-30(41)20-47-27-14-11-24(17-28(27)46-7-2)32-31(34(42)45-5)21(3)38-35(43)39-32/h6,9-18,30,32,40-41H,1,7-8,19-20H2,2-5H3,(H2,38,39,43)/b37-18-/t30-,32-/m1/s1. The average Bonchev–Trinajstić information content (AvgIpc) is 3.07. The molecule has 4 N–H and O–H groups in total. The van der Waals surface area contributed by atoms with Crippen LogP contribution in [0.4, 0.5) is 9.18 Å². The Morgan fingerprint density at radius 1 is 1.08 bits per heavy atom. The van der Waals surface area contributed by atoms with Gasteiger partial charge in [0.25, 0.3) is 0 Å². The van der Waals surface area contributed by atoms with Crippen LogP contribution < -0.4 is 35.0 Å². The highest BCUT2D eigenvalue weighted by Gasteiger charge is 2.32. The number of hydrogen-bond donors (Lipinski definition) is 4. The minimum atomic E-state index is -1.19. The molecule has 4 rings (SSSR count). The molecule has 48 heavy (non-hydrogen) atoms. The molecule has 0 fully saturated rings. The van der Waals surface area contributed by atoms with Crippen molar-refractivity contribution in [2.75, 3.05) is 27.4 Å². The Labute approximate surface area is 278 Å². The summed E-state index contributed by atoms with van der Waals surface area (Å²) in [7, 11) is 2.79. The fourth-order valence-electron chi connectivity index (χ4n) is 4.94. The van der Waals surface area contributed by atoms with E-state index in [1.807, 2.05) is 6.07 Å². The molecular weight excluding hydrogens is 623 g/mol. The number of benzene rings is 3. The van der Waals surface area contributed by atoms with Gasteiger partial charge >= 0.3 is 12.0 Å². The second kappa shape index (κ2) is 16.8. The van der Waals surface area contributed by atoms with E-state index in [0.717, 1.165) is 11.1 Å². The SMILES string of the molecule is C=CCc1cc(/C=N\N[C@H](O)COc2ccc([C@H]3NC(=O)NC(C)=C3C(=O)OC)cc2OCC)cc(OC)c1OCc1ccc(F)cc1. The first-order valence-electron chi connectivity index (χ1n) is 15.1. The molecule has 0 unspecified atom stereocenters. The van der Waals surface area contributed by atoms with Crippen molar-refractivity contribution in [2.24, 2.45) is 5.10 Å². The second-order valence-corrected chi connectivity index (χ2v) is 10.5. The normalized spacial score (nSPS) is 14.9. The van der Waals surface area contributed by atoms with Crippen LogP contribution in [0.15, 0.2) is 83.6 Å². The number of nitrogens with one attached hydrogen (secondary N) is 3. The summed E-state index contributed by atoms with van der Waals surface area (Å²) in [6, 6.07) is 13.4. The maximum atomic E-state index is 13.3. The van der Waals surface area contributed by atoms with E-state index in [0.29, 0.717) is 52.8 Å². The van der Waals surface area contributed by atoms with Crippen LogP contribution in [-0.4, -0.2) is 57.0 Å². The number of nitrogens with zero attached hydrogens (tertiary/aromatic N) is 1. The van der Waals surface area contributed by atoms with Crippen molar-refractivity contribution in [3.63, 3.8) is 0 Å². The number of hydrogen-bond acceptors (Lipinski definition) is 10. The highest BCUT2D eigenvalue weighted by Crippen LogP contribution is 2.36. The molecule has 254 valence electrons. The largest absolute Gasteiger partial charge is 0.493 e. The molecule has 13 heteroatoms. The molecule has 1 aliphatic rings. The van der Waals surface area contributed by atoms with E-state index in [9.17, 15) is 19.1 Å². The van der Waals surface area contributed by atoms with Crippen LogP contribution in [0.25, 0.3) is 0 Å². The van der Waals surface area contributed by atoms with Crippen molar-refractivity contribution in [3.05, 3.63) is 107 Å². The zero-order chi connectivity index (χ0) is 34.6. The number of allylic oxidation sites excluding steroid dienone is 2. The molecule has 0 spiro atoms. The number of ether oxygens (including phenoxy) is 5. The van der Waals surface area contributed by atoms with Crippen molar-refractivity contribution < 1.29 is 42.8 Å². The number of esters is 1. The monoisotopic (exact) mass is 662 g/mol. The number of halogens is 1. The molecule has 0 radical (unpaired) electrons. The Morgan fingerprint density at radius 3 is 2.54 bits per heavy atom. The highest BCUT2D eigenvalue weighted by atomic mass is 19.1. The van der Waals surface area contributed by atoms with E-state index in [-0.39, 0.29) is 24.6 Å². The summed E-state index contributed by atoms with van der Waals surface area (Å²) in [5, 5.41) is 20.0. The first-order valence-corrected chi connectivity index (χ1v) is 15.1. The second-order valence-electron chi connectivity index (χ2n) is 10.5. The Balaban J connectivity index is 1.42. The van der Waals surface area contributed by atoms with Gasteiger partial charge in [-0.15, -0.1) is 6.58 Å². The number of rotatable bonds is 16. The van der Waals surface area contributed by atoms with Crippen molar-refractivity contribution in [1.82, 2.24) is 16.1 Å². The van der Waals surface area contributed by atoms with Crippen molar-refractivity contribution in [2.45, 2.75) is 39.1 Å². The van der Waals surface area contributed by atoms with Crippen LogP contribution >= 0.6 is 0 Å². The lowest BCUT2D eigenvalue weighted by Crippen LogP contribution is -2.45. The van der Waals surface area contributed by atoms with Crippen LogP contribution in [0.3, 0.4) is 0 Å². The van der Waals surface area contributed by atoms with Gasteiger partial charge in [-0.3, -0.25) is 5.43 Å². The average molecular weight is 663 g/mol. The Kier molecular flexibility index (Phi) is 12.4. The minimum absolute atomic E-state index is 0.186. The number of hydrazone groups is 1. The molecular formula is C35H39FN4O8. The van der Waals surface area contributed by atoms with Gasteiger partial charge in [-0.1, -0.05) is 24.3 Å². The zero-order valence-corrected chi connectivity index (χ0v) is 27.2. The molecule has 2 atom stereocenters. The third-order valence-electron chi connectivity index (χ3n) is 7.14. The van der Waals surface area contributed by atoms with E-state index in [1.165, 1.54) is 32.6 Å². The Morgan fingerprint density at radius 2 is 1.85 bits per heavy atom. The summed E-state index contributed by atoms with van der Waals surface area (Å²) < 4.78 is 41.4. The summed E-state index contributed by atoms with van der Waals surface area (Å²) in [6.45, 7) is 7.60. The molecule has 3 aromatic carbocycles. The molecule has 2 amide bonds. The van der Waals surface area contributed by atoms with Gasteiger partial charge in [0.05, 0.1) is 38.7 Å². The predicted octanol–water partition coefficient (Wildman–Crippen LogP) is 4.66. The lowest BCUT2D eigenvalue weighted by atomic mass is 9.95. The van der Waals surface area contributed by atoms with Crippen molar-refractivity contribution >= 4 is 18.2 Å². The van der Waals surface area contributed by atoms with Gasteiger partial charge in [0.2, 0.25) is 0 Å². The van der Waals surface area contributed by atoms with Gasteiger partial charge < -0.3 is 39.4 Å². The molecule has 0 aliphatic carbocycles. The number of amides is 2. The molecule has 1 aliphatic heterocycles. The van der Waals surface area contributed by atoms with Crippen molar-refractivity contribution in [3.8, 4) is 23.0 Å².